The van der Waals surface area contributed by atoms with Gasteiger partial charge in [0.15, 0.2) is 0 Å². The van der Waals surface area contributed by atoms with Crippen LogP contribution in [0, 0.1) is 5.92 Å². The molecule has 1 aromatic heterocycles. The second-order valence-electron chi connectivity index (χ2n) is 10.9. The molecule has 2 aromatic carbocycles. The maximum atomic E-state index is 13.8. The maximum Gasteiger partial charge on any atom is 0.326 e. The first kappa shape index (κ1) is 33.6. The van der Waals surface area contributed by atoms with Crippen LogP contribution in [0.5, 0.6) is 5.75 Å². The first-order valence-corrected chi connectivity index (χ1v) is 14.4. The molecule has 0 bridgehead atoms. The van der Waals surface area contributed by atoms with Gasteiger partial charge in [0.1, 0.15) is 23.9 Å². The van der Waals surface area contributed by atoms with Gasteiger partial charge in [-0.1, -0.05) is 50.6 Å². The van der Waals surface area contributed by atoms with Crippen LogP contribution >= 0.6 is 0 Å². The number of para-hydroxylation sites is 1. The standard InChI is InChI=1S/C31H40N6O7/c1-3-17(2)27(33)30(42)37-24(14-18-8-10-20(38)11-9-18)28(40)36-25(15-19-16-34-22-7-5-4-6-21(19)22)29(41)35-23(31(43)44)12-13-26(32)39/h4-11,16-17,23-25,27,34,38H,3,12-15,33H2,1-2H3,(H2,32,39)(H,35,41)(H,36,40)(H,37,42)(H,43,44). The zero-order chi connectivity index (χ0) is 32.4. The zero-order valence-electron chi connectivity index (χ0n) is 24.7. The lowest BCUT2D eigenvalue weighted by Crippen LogP contribution is -2.58. The van der Waals surface area contributed by atoms with Crippen LogP contribution in [0.4, 0.5) is 0 Å². The number of carboxylic acid groups (broad SMARTS) is 1. The topological polar surface area (TPSA) is 230 Å². The molecule has 44 heavy (non-hydrogen) atoms. The molecule has 4 amide bonds. The van der Waals surface area contributed by atoms with Crippen molar-refractivity contribution in [3.05, 3.63) is 65.9 Å². The molecule has 3 rings (SSSR count). The van der Waals surface area contributed by atoms with Crippen LogP contribution < -0.4 is 27.4 Å². The molecule has 3 aromatic rings. The third-order valence-corrected chi connectivity index (χ3v) is 7.59. The average molecular weight is 609 g/mol. The molecule has 0 aliphatic rings. The molecule has 1 heterocycles. The predicted molar refractivity (Wildman–Crippen MR) is 163 cm³/mol. The SMILES string of the molecule is CCC(C)C(N)C(=O)NC(Cc1ccc(O)cc1)C(=O)NC(Cc1c[nH]c2ccccc12)C(=O)NC(CCC(N)=O)C(=O)O. The van der Waals surface area contributed by atoms with Crippen molar-refractivity contribution in [3.8, 4) is 5.75 Å². The summed E-state index contributed by atoms with van der Waals surface area (Å²) in [5.41, 5.74) is 13.4. The number of aromatic amines is 1. The number of aromatic nitrogens is 1. The van der Waals surface area contributed by atoms with Gasteiger partial charge in [-0.25, -0.2) is 4.79 Å². The number of hydrogen-bond acceptors (Lipinski definition) is 7. The normalized spacial score (nSPS) is 14.5. The van der Waals surface area contributed by atoms with Crippen molar-refractivity contribution in [2.24, 2.45) is 17.4 Å². The highest BCUT2D eigenvalue weighted by Gasteiger charge is 2.32. The monoisotopic (exact) mass is 608 g/mol. The number of rotatable bonds is 16. The average Bonchev–Trinajstić information content (AvgIpc) is 3.40. The Hall–Kier alpha value is -4.91. The van der Waals surface area contributed by atoms with Crippen LogP contribution in [0.1, 0.15) is 44.2 Å². The first-order chi connectivity index (χ1) is 20.9. The van der Waals surface area contributed by atoms with Gasteiger partial charge in [0.25, 0.3) is 0 Å². The quantitative estimate of drug-likeness (QED) is 0.116. The predicted octanol–water partition coefficient (Wildman–Crippen LogP) is 0.837. The fourth-order valence-electron chi connectivity index (χ4n) is 4.68. The van der Waals surface area contributed by atoms with Crippen molar-refractivity contribution < 1.29 is 34.2 Å². The Morgan fingerprint density at radius 1 is 0.864 bits per heavy atom. The van der Waals surface area contributed by atoms with E-state index >= 15 is 0 Å². The van der Waals surface area contributed by atoms with E-state index in [4.69, 9.17) is 11.5 Å². The molecule has 10 N–H and O–H groups in total. The van der Waals surface area contributed by atoms with Crippen molar-refractivity contribution in [2.45, 2.75) is 70.1 Å². The van der Waals surface area contributed by atoms with E-state index in [2.05, 4.69) is 20.9 Å². The number of H-pyrrole nitrogens is 1. The van der Waals surface area contributed by atoms with E-state index in [1.807, 2.05) is 38.1 Å². The Labute approximate surface area is 254 Å². The minimum atomic E-state index is -1.43. The number of benzene rings is 2. The van der Waals surface area contributed by atoms with E-state index in [1.165, 1.54) is 12.1 Å². The lowest BCUT2D eigenvalue weighted by Gasteiger charge is -2.26. The molecular weight excluding hydrogens is 568 g/mol. The number of primary amides is 1. The summed E-state index contributed by atoms with van der Waals surface area (Å²) in [4.78, 5) is 66.6. The summed E-state index contributed by atoms with van der Waals surface area (Å²) in [6.45, 7) is 3.71. The van der Waals surface area contributed by atoms with Gasteiger partial charge in [0, 0.05) is 36.4 Å². The largest absolute Gasteiger partial charge is 0.508 e. The second kappa shape index (κ2) is 15.5. The number of aromatic hydroxyl groups is 1. The zero-order valence-corrected chi connectivity index (χ0v) is 24.7. The number of fused-ring (bicyclic) bond motifs is 1. The van der Waals surface area contributed by atoms with Crippen molar-refractivity contribution in [3.63, 3.8) is 0 Å². The molecule has 13 nitrogen and oxygen atoms in total. The van der Waals surface area contributed by atoms with Crippen molar-refractivity contribution in [2.75, 3.05) is 0 Å². The molecule has 5 unspecified atom stereocenters. The van der Waals surface area contributed by atoms with Gasteiger partial charge in [-0.05, 0) is 41.7 Å². The number of nitrogens with two attached hydrogens (primary N) is 2. The molecule has 0 saturated carbocycles. The maximum absolute atomic E-state index is 13.8. The van der Waals surface area contributed by atoms with Crippen LogP contribution in [-0.2, 0) is 36.8 Å². The van der Waals surface area contributed by atoms with Crippen LogP contribution in [0.25, 0.3) is 10.9 Å². The molecule has 0 aliphatic carbocycles. The Kier molecular flexibility index (Phi) is 11.9. The highest BCUT2D eigenvalue weighted by Crippen LogP contribution is 2.20. The Balaban J connectivity index is 1.91. The molecule has 0 saturated heterocycles. The lowest BCUT2D eigenvalue weighted by atomic mass is 9.98. The van der Waals surface area contributed by atoms with Gasteiger partial charge in [-0.2, -0.15) is 0 Å². The number of carbonyl (C=O) groups excluding carboxylic acids is 4. The summed E-state index contributed by atoms with van der Waals surface area (Å²) in [5, 5.41) is 27.9. The van der Waals surface area contributed by atoms with E-state index in [1.54, 1.807) is 18.3 Å². The van der Waals surface area contributed by atoms with Crippen molar-refractivity contribution in [1.82, 2.24) is 20.9 Å². The highest BCUT2D eigenvalue weighted by molar-refractivity contribution is 5.95. The minimum absolute atomic E-state index is 0.0167. The summed E-state index contributed by atoms with van der Waals surface area (Å²) in [7, 11) is 0. The van der Waals surface area contributed by atoms with Crippen LogP contribution in [0.3, 0.4) is 0 Å². The number of phenolic OH excluding ortho intramolecular Hbond substituents is 1. The summed E-state index contributed by atoms with van der Waals surface area (Å²) >= 11 is 0. The molecule has 13 heteroatoms. The minimum Gasteiger partial charge on any atom is -0.508 e. The van der Waals surface area contributed by atoms with Gasteiger partial charge >= 0.3 is 5.97 Å². The number of carbonyl (C=O) groups is 5. The third kappa shape index (κ3) is 9.30. The molecule has 0 aliphatic heterocycles. The summed E-state index contributed by atoms with van der Waals surface area (Å²) in [5.74, 6) is -4.28. The summed E-state index contributed by atoms with van der Waals surface area (Å²) in [6, 6.07) is 8.70. The van der Waals surface area contributed by atoms with E-state index in [-0.39, 0.29) is 37.4 Å². The number of carboxylic acids is 1. The van der Waals surface area contributed by atoms with Crippen molar-refractivity contribution >= 4 is 40.5 Å². The van der Waals surface area contributed by atoms with E-state index in [0.29, 0.717) is 17.5 Å². The van der Waals surface area contributed by atoms with E-state index in [0.717, 1.165) is 10.9 Å². The molecule has 5 atom stereocenters. The van der Waals surface area contributed by atoms with Gasteiger partial charge in [0.05, 0.1) is 6.04 Å². The Morgan fingerprint density at radius 2 is 1.45 bits per heavy atom. The van der Waals surface area contributed by atoms with Crippen LogP contribution in [0.15, 0.2) is 54.7 Å². The summed E-state index contributed by atoms with van der Waals surface area (Å²) in [6.07, 6.45) is 1.82. The summed E-state index contributed by atoms with van der Waals surface area (Å²) < 4.78 is 0. The van der Waals surface area contributed by atoms with Gasteiger partial charge in [-0.3, -0.25) is 19.2 Å². The van der Waals surface area contributed by atoms with Crippen LogP contribution in [-0.4, -0.2) is 69.0 Å². The number of phenols is 1. The smallest absolute Gasteiger partial charge is 0.326 e. The third-order valence-electron chi connectivity index (χ3n) is 7.59. The first-order valence-electron chi connectivity index (χ1n) is 14.4. The number of amides is 4. The lowest BCUT2D eigenvalue weighted by molar-refractivity contribution is -0.142. The fourth-order valence-corrected chi connectivity index (χ4v) is 4.68. The Morgan fingerprint density at radius 3 is 2.07 bits per heavy atom. The van der Waals surface area contributed by atoms with Gasteiger partial charge < -0.3 is 42.6 Å². The highest BCUT2D eigenvalue weighted by atomic mass is 16.4. The molecule has 0 fully saturated rings. The molecule has 0 radical (unpaired) electrons. The fraction of sp³-hybridized carbons (Fsp3) is 0.387. The van der Waals surface area contributed by atoms with E-state index in [9.17, 15) is 34.2 Å². The molecule has 0 spiro atoms. The molecule has 236 valence electrons. The second-order valence-corrected chi connectivity index (χ2v) is 10.9. The number of hydrogen-bond donors (Lipinski definition) is 8. The van der Waals surface area contributed by atoms with Crippen LogP contribution in [0.2, 0.25) is 0 Å². The number of nitrogens with one attached hydrogen (secondary N) is 4. The Bertz CT molecular complexity index is 1470. The van der Waals surface area contributed by atoms with Crippen molar-refractivity contribution in [1.29, 1.82) is 0 Å². The van der Waals surface area contributed by atoms with Gasteiger partial charge in [0.2, 0.25) is 23.6 Å². The number of aliphatic carboxylic acids is 1. The molecular formula is C31H40N6O7. The van der Waals surface area contributed by atoms with Gasteiger partial charge in [-0.15, -0.1) is 0 Å². The van der Waals surface area contributed by atoms with E-state index < -0.39 is 53.8 Å².